The normalized spacial score (nSPS) is 15.5. The summed E-state index contributed by atoms with van der Waals surface area (Å²) < 4.78 is 0. The number of aldehydes is 1. The Bertz CT molecular complexity index is 531. The average Bonchev–Trinajstić information content (AvgIpc) is 2.71. The molecule has 1 aliphatic rings. The fourth-order valence-corrected chi connectivity index (χ4v) is 2.11. The van der Waals surface area contributed by atoms with Crippen molar-refractivity contribution in [3.8, 4) is 11.4 Å². The lowest BCUT2D eigenvalue weighted by atomic mass is 9.81. The van der Waals surface area contributed by atoms with E-state index in [4.69, 9.17) is 0 Å². The first kappa shape index (κ1) is 10.1. The Morgan fingerprint density at radius 2 is 2.24 bits per heavy atom. The quantitative estimate of drug-likeness (QED) is 0.815. The fraction of sp³-hybridized carbons (Fsp3) is 0.333. The molecule has 0 bridgehead atoms. The van der Waals surface area contributed by atoms with E-state index in [-0.39, 0.29) is 0 Å². The highest BCUT2D eigenvalue weighted by atomic mass is 16.1. The zero-order chi connectivity index (χ0) is 11.7. The smallest absolute Gasteiger partial charge is 0.154 e. The number of hydrogen-bond acceptors (Lipinski definition) is 4. The van der Waals surface area contributed by atoms with Crippen molar-refractivity contribution in [1.29, 1.82) is 0 Å². The van der Waals surface area contributed by atoms with Crippen LogP contribution >= 0.6 is 0 Å². The van der Waals surface area contributed by atoms with Gasteiger partial charge in [-0.1, -0.05) is 6.42 Å². The molecule has 2 aromatic heterocycles. The van der Waals surface area contributed by atoms with Crippen LogP contribution in [0.15, 0.2) is 18.6 Å². The minimum atomic E-state index is 0.452. The lowest BCUT2D eigenvalue weighted by molar-refractivity contribution is 0.112. The van der Waals surface area contributed by atoms with E-state index in [2.05, 4.69) is 20.2 Å². The van der Waals surface area contributed by atoms with Gasteiger partial charge >= 0.3 is 0 Å². The molecule has 1 aliphatic carbocycles. The lowest BCUT2D eigenvalue weighted by Crippen LogP contribution is -2.11. The fourth-order valence-electron chi connectivity index (χ4n) is 2.11. The van der Waals surface area contributed by atoms with Gasteiger partial charge in [0.15, 0.2) is 6.29 Å². The molecule has 0 aromatic carbocycles. The van der Waals surface area contributed by atoms with Gasteiger partial charge in [0.05, 0.1) is 11.8 Å². The number of nitrogens with one attached hydrogen (secondary N) is 1. The molecule has 0 amide bonds. The third-order valence-electron chi connectivity index (χ3n) is 3.27. The molecule has 0 unspecified atom stereocenters. The van der Waals surface area contributed by atoms with E-state index >= 15 is 0 Å². The Hall–Kier alpha value is -2.04. The molecule has 2 aromatic rings. The molecule has 2 heterocycles. The summed E-state index contributed by atoms with van der Waals surface area (Å²) in [6.07, 6.45) is 9.16. The molecular formula is C12H12N4O. The van der Waals surface area contributed by atoms with Gasteiger partial charge in [-0.3, -0.25) is 19.9 Å². The Kier molecular flexibility index (Phi) is 2.44. The summed E-state index contributed by atoms with van der Waals surface area (Å²) >= 11 is 0. The van der Waals surface area contributed by atoms with Crippen LogP contribution in [0.3, 0.4) is 0 Å². The van der Waals surface area contributed by atoms with Crippen LogP contribution in [0.4, 0.5) is 0 Å². The zero-order valence-electron chi connectivity index (χ0n) is 9.26. The lowest BCUT2D eigenvalue weighted by Gasteiger charge is -2.24. The maximum Gasteiger partial charge on any atom is 0.154 e. The molecule has 1 saturated carbocycles. The second-order valence-corrected chi connectivity index (χ2v) is 4.24. The molecule has 0 aliphatic heterocycles. The Morgan fingerprint density at radius 3 is 2.82 bits per heavy atom. The number of hydrogen-bond donors (Lipinski definition) is 1. The van der Waals surface area contributed by atoms with Crippen molar-refractivity contribution >= 4 is 6.29 Å². The highest BCUT2D eigenvalue weighted by molar-refractivity contribution is 5.86. The van der Waals surface area contributed by atoms with Crippen molar-refractivity contribution in [1.82, 2.24) is 20.2 Å². The predicted octanol–water partition coefficient (Wildman–Crippen LogP) is 1.95. The average molecular weight is 228 g/mol. The second kappa shape index (κ2) is 4.08. The molecule has 17 heavy (non-hydrogen) atoms. The van der Waals surface area contributed by atoms with E-state index in [0.29, 0.717) is 22.9 Å². The summed E-state index contributed by atoms with van der Waals surface area (Å²) in [5.41, 5.74) is 2.83. The summed E-state index contributed by atoms with van der Waals surface area (Å²) in [4.78, 5) is 19.4. The Morgan fingerprint density at radius 1 is 1.35 bits per heavy atom. The highest BCUT2D eigenvalue weighted by Gasteiger charge is 2.26. The van der Waals surface area contributed by atoms with Gasteiger partial charge in [0.2, 0.25) is 0 Å². The standard InChI is InChI=1S/C12H12N4O/c17-7-9-11(8-2-1-3-8)15-16-12(9)10-6-13-4-5-14-10/h4-8H,1-3H2,(H,15,16). The first-order valence-electron chi connectivity index (χ1n) is 5.70. The molecule has 3 rings (SSSR count). The van der Waals surface area contributed by atoms with Crippen LogP contribution < -0.4 is 0 Å². The van der Waals surface area contributed by atoms with Crippen molar-refractivity contribution in [3.63, 3.8) is 0 Å². The van der Waals surface area contributed by atoms with Crippen molar-refractivity contribution in [2.75, 3.05) is 0 Å². The van der Waals surface area contributed by atoms with Crippen molar-refractivity contribution < 1.29 is 4.79 Å². The highest BCUT2D eigenvalue weighted by Crippen LogP contribution is 2.38. The van der Waals surface area contributed by atoms with Gasteiger partial charge in [-0.15, -0.1) is 0 Å². The Balaban J connectivity index is 2.05. The summed E-state index contributed by atoms with van der Waals surface area (Å²) in [7, 11) is 0. The molecule has 5 heteroatoms. The summed E-state index contributed by atoms with van der Waals surface area (Å²) in [5.74, 6) is 0.452. The largest absolute Gasteiger partial charge is 0.298 e. The number of carbonyl (C=O) groups excluding carboxylic acids is 1. The monoisotopic (exact) mass is 228 g/mol. The van der Waals surface area contributed by atoms with E-state index < -0.39 is 0 Å². The maximum atomic E-state index is 11.2. The van der Waals surface area contributed by atoms with Crippen molar-refractivity contribution in [2.45, 2.75) is 25.2 Å². The molecule has 0 atom stereocenters. The minimum absolute atomic E-state index is 0.452. The van der Waals surface area contributed by atoms with Crippen LogP contribution in [-0.2, 0) is 0 Å². The van der Waals surface area contributed by atoms with Crippen LogP contribution in [0.5, 0.6) is 0 Å². The number of aromatic nitrogens is 4. The molecule has 5 nitrogen and oxygen atoms in total. The van der Waals surface area contributed by atoms with Gasteiger partial charge in [-0.05, 0) is 12.8 Å². The van der Waals surface area contributed by atoms with Gasteiger partial charge in [-0.2, -0.15) is 5.10 Å². The molecule has 0 radical (unpaired) electrons. The van der Waals surface area contributed by atoms with Crippen LogP contribution in [-0.4, -0.2) is 26.5 Å². The van der Waals surface area contributed by atoms with E-state index in [1.165, 1.54) is 6.42 Å². The van der Waals surface area contributed by atoms with Gasteiger partial charge in [0.25, 0.3) is 0 Å². The van der Waals surface area contributed by atoms with Gasteiger partial charge < -0.3 is 0 Å². The molecule has 1 N–H and O–H groups in total. The summed E-state index contributed by atoms with van der Waals surface area (Å²) in [6, 6.07) is 0. The summed E-state index contributed by atoms with van der Waals surface area (Å²) in [5, 5.41) is 7.18. The first-order valence-corrected chi connectivity index (χ1v) is 5.70. The Labute approximate surface area is 98.3 Å². The molecular weight excluding hydrogens is 216 g/mol. The maximum absolute atomic E-state index is 11.2. The molecule has 1 fully saturated rings. The van der Waals surface area contributed by atoms with E-state index in [0.717, 1.165) is 24.8 Å². The van der Waals surface area contributed by atoms with Crippen LogP contribution in [0, 0.1) is 0 Å². The number of aromatic amines is 1. The number of rotatable bonds is 3. The third kappa shape index (κ3) is 1.63. The van der Waals surface area contributed by atoms with Gasteiger partial charge in [0.1, 0.15) is 11.4 Å². The number of H-pyrrole nitrogens is 1. The molecule has 0 spiro atoms. The SMILES string of the molecule is O=Cc1c(-c2cnccn2)n[nH]c1C1CCC1. The number of carbonyl (C=O) groups is 1. The molecule has 0 saturated heterocycles. The topological polar surface area (TPSA) is 71.5 Å². The van der Waals surface area contributed by atoms with Gasteiger partial charge in [-0.25, -0.2) is 0 Å². The van der Waals surface area contributed by atoms with E-state index in [1.807, 2.05) is 0 Å². The van der Waals surface area contributed by atoms with Crippen molar-refractivity contribution in [3.05, 3.63) is 29.8 Å². The zero-order valence-corrected chi connectivity index (χ0v) is 9.26. The van der Waals surface area contributed by atoms with Crippen LogP contribution in [0.25, 0.3) is 11.4 Å². The first-order chi connectivity index (χ1) is 8.40. The second-order valence-electron chi connectivity index (χ2n) is 4.24. The third-order valence-corrected chi connectivity index (χ3v) is 3.27. The summed E-state index contributed by atoms with van der Waals surface area (Å²) in [6.45, 7) is 0. The molecule has 86 valence electrons. The van der Waals surface area contributed by atoms with E-state index in [1.54, 1.807) is 18.6 Å². The minimum Gasteiger partial charge on any atom is -0.298 e. The number of nitrogens with zero attached hydrogens (tertiary/aromatic N) is 3. The van der Waals surface area contributed by atoms with Crippen molar-refractivity contribution in [2.24, 2.45) is 0 Å². The van der Waals surface area contributed by atoms with Crippen LogP contribution in [0.2, 0.25) is 0 Å². The predicted molar refractivity (Wildman–Crippen MR) is 61.6 cm³/mol. The van der Waals surface area contributed by atoms with Gasteiger partial charge in [0, 0.05) is 24.0 Å². The van der Waals surface area contributed by atoms with Crippen LogP contribution in [0.1, 0.15) is 41.2 Å². The van der Waals surface area contributed by atoms with E-state index in [9.17, 15) is 4.79 Å².